The minimum atomic E-state index is -0.838. The summed E-state index contributed by atoms with van der Waals surface area (Å²) in [5, 5.41) is 10.0. The van der Waals surface area contributed by atoms with Crippen molar-refractivity contribution in [3.63, 3.8) is 0 Å². The van der Waals surface area contributed by atoms with Crippen LogP contribution in [0.15, 0.2) is 29.2 Å². The summed E-state index contributed by atoms with van der Waals surface area (Å²) in [5.41, 5.74) is 7.04. The molecule has 0 radical (unpaired) electrons. The summed E-state index contributed by atoms with van der Waals surface area (Å²) in [7, 11) is 0. The van der Waals surface area contributed by atoms with Crippen molar-refractivity contribution in [2.45, 2.75) is 96.0 Å². The number of carbonyl (C=O) groups excluding carboxylic acids is 1. The lowest BCUT2D eigenvalue weighted by Gasteiger charge is -2.16. The summed E-state index contributed by atoms with van der Waals surface area (Å²) in [6.07, 6.45) is 22.1. The number of rotatable bonds is 18. The number of nitrogens with two attached hydrogens (primary N) is 1. The molecule has 0 bridgehead atoms. The van der Waals surface area contributed by atoms with Crippen LogP contribution in [-0.2, 0) is 17.6 Å². The summed E-state index contributed by atoms with van der Waals surface area (Å²) in [4.78, 5) is 14.4. The predicted molar refractivity (Wildman–Crippen MR) is 147 cm³/mol. The van der Waals surface area contributed by atoms with E-state index in [1.807, 2.05) is 6.08 Å². The first kappa shape index (κ1) is 29.3. The van der Waals surface area contributed by atoms with E-state index >= 15 is 0 Å². The van der Waals surface area contributed by atoms with Gasteiger partial charge >= 0.3 is 0 Å². The first-order valence-electron chi connectivity index (χ1n) is 13.3. The van der Waals surface area contributed by atoms with Gasteiger partial charge in [-0.25, -0.2) is 0 Å². The molecule has 1 atom stereocenters. The Morgan fingerprint density at radius 2 is 1.86 bits per heavy atom. The van der Waals surface area contributed by atoms with Gasteiger partial charge in [-0.2, -0.15) is 0 Å². The average molecular weight is 501 g/mol. The molecule has 0 spiro atoms. The first-order chi connectivity index (χ1) is 17.1. The lowest BCUT2D eigenvalue weighted by Crippen LogP contribution is -2.36. The van der Waals surface area contributed by atoms with E-state index < -0.39 is 5.56 Å². The van der Waals surface area contributed by atoms with Gasteiger partial charge in [-0.3, -0.25) is 4.79 Å². The molecule has 0 aliphatic carbocycles. The SMILES string of the molecule is C#CCCc1cc(CCC=C2SC(O)N(CCN)C2=O)ccc1OCCCCCCCCCCC. The van der Waals surface area contributed by atoms with E-state index in [0.717, 1.165) is 43.6 Å². The molecule has 1 aromatic carbocycles. The van der Waals surface area contributed by atoms with Gasteiger partial charge in [0.15, 0.2) is 5.56 Å². The first-order valence-corrected chi connectivity index (χ1v) is 14.2. The third kappa shape index (κ3) is 10.7. The number of unbranched alkanes of at least 4 members (excludes halogenated alkanes) is 8. The van der Waals surface area contributed by atoms with E-state index in [9.17, 15) is 9.90 Å². The highest BCUT2D eigenvalue weighted by Gasteiger charge is 2.33. The number of thioether (sulfide) groups is 1. The maximum absolute atomic E-state index is 12.4. The fourth-order valence-corrected chi connectivity index (χ4v) is 5.24. The molecule has 1 aromatic rings. The molecule has 1 saturated heterocycles. The molecule has 1 aliphatic heterocycles. The minimum Gasteiger partial charge on any atom is -0.493 e. The number of hydrogen-bond donors (Lipinski definition) is 2. The Morgan fingerprint density at radius 1 is 1.14 bits per heavy atom. The Hall–Kier alpha value is -1.94. The normalized spacial score (nSPS) is 16.7. The molecule has 0 saturated carbocycles. The number of aliphatic hydroxyl groups excluding tert-OH is 1. The summed E-state index contributed by atoms with van der Waals surface area (Å²) in [6, 6.07) is 6.34. The van der Waals surface area contributed by atoms with Crippen LogP contribution < -0.4 is 10.5 Å². The number of hydrogen-bond acceptors (Lipinski definition) is 5. The number of allylic oxidation sites excluding steroid dienone is 1. The van der Waals surface area contributed by atoms with E-state index in [1.165, 1.54) is 73.6 Å². The largest absolute Gasteiger partial charge is 0.493 e. The van der Waals surface area contributed by atoms with Crippen molar-refractivity contribution in [2.75, 3.05) is 19.7 Å². The van der Waals surface area contributed by atoms with Gasteiger partial charge in [0, 0.05) is 19.5 Å². The van der Waals surface area contributed by atoms with Crippen LogP contribution in [-0.4, -0.2) is 41.2 Å². The van der Waals surface area contributed by atoms with Crippen LogP contribution in [0.25, 0.3) is 0 Å². The van der Waals surface area contributed by atoms with Crippen molar-refractivity contribution < 1.29 is 14.6 Å². The van der Waals surface area contributed by atoms with Crippen LogP contribution in [0.2, 0.25) is 0 Å². The van der Waals surface area contributed by atoms with Gasteiger partial charge in [-0.1, -0.05) is 88.3 Å². The summed E-state index contributed by atoms with van der Waals surface area (Å²) in [6.45, 7) is 3.70. The molecule has 5 nitrogen and oxygen atoms in total. The quantitative estimate of drug-likeness (QED) is 0.152. The third-order valence-electron chi connectivity index (χ3n) is 6.27. The van der Waals surface area contributed by atoms with E-state index in [-0.39, 0.29) is 5.91 Å². The molecule has 6 heteroatoms. The number of aryl methyl sites for hydroxylation is 2. The van der Waals surface area contributed by atoms with Crippen molar-refractivity contribution in [3.05, 3.63) is 40.3 Å². The number of carbonyl (C=O) groups is 1. The molecule has 35 heavy (non-hydrogen) atoms. The summed E-state index contributed by atoms with van der Waals surface area (Å²) < 4.78 is 6.12. The second-order valence-corrected chi connectivity index (χ2v) is 10.3. The van der Waals surface area contributed by atoms with Crippen molar-refractivity contribution in [3.8, 4) is 18.1 Å². The topological polar surface area (TPSA) is 75.8 Å². The number of benzene rings is 1. The van der Waals surface area contributed by atoms with Crippen LogP contribution >= 0.6 is 11.8 Å². The van der Waals surface area contributed by atoms with E-state index in [0.29, 0.717) is 24.4 Å². The standard InChI is InChI=1S/C29H44N2O3S/c1-3-5-7-8-9-10-11-12-13-22-34-26-19-18-24(23-25(26)16-6-4-2)15-14-17-27-28(32)31(21-20-30)29(33)35-27/h2,17-19,23,29,33H,3,5-16,20-22,30H2,1H3. The number of amides is 1. The van der Waals surface area contributed by atoms with Crippen molar-refractivity contribution in [1.82, 2.24) is 4.90 Å². The average Bonchev–Trinajstić information content (AvgIpc) is 3.12. The van der Waals surface area contributed by atoms with Crippen molar-refractivity contribution in [1.29, 1.82) is 0 Å². The molecule has 1 aliphatic rings. The zero-order chi connectivity index (χ0) is 25.3. The third-order valence-corrected chi connectivity index (χ3v) is 7.33. The summed E-state index contributed by atoms with van der Waals surface area (Å²) >= 11 is 1.19. The Morgan fingerprint density at radius 3 is 2.54 bits per heavy atom. The van der Waals surface area contributed by atoms with Gasteiger partial charge in [0.2, 0.25) is 0 Å². The number of ether oxygens (including phenoxy) is 1. The monoisotopic (exact) mass is 500 g/mol. The number of terminal acetylenes is 1. The molecular formula is C29H44N2O3S. The Bertz CT molecular complexity index is 834. The van der Waals surface area contributed by atoms with Gasteiger partial charge < -0.3 is 20.5 Å². The molecule has 1 heterocycles. The lowest BCUT2D eigenvalue weighted by molar-refractivity contribution is -0.129. The Kier molecular flexibility index (Phi) is 14.6. The van der Waals surface area contributed by atoms with Crippen LogP contribution in [0.3, 0.4) is 0 Å². The fourth-order valence-electron chi connectivity index (χ4n) is 4.25. The molecule has 2 rings (SSSR count). The molecule has 3 N–H and O–H groups in total. The van der Waals surface area contributed by atoms with Crippen LogP contribution in [0.4, 0.5) is 0 Å². The van der Waals surface area contributed by atoms with E-state index in [4.69, 9.17) is 16.9 Å². The Labute approximate surface area is 216 Å². The number of aliphatic hydroxyl groups is 1. The highest BCUT2D eigenvalue weighted by Crippen LogP contribution is 2.33. The second-order valence-electron chi connectivity index (χ2n) is 9.16. The Balaban J connectivity index is 1.79. The second kappa shape index (κ2) is 17.5. The minimum absolute atomic E-state index is 0.136. The van der Waals surface area contributed by atoms with Crippen LogP contribution in [0.1, 0.15) is 88.7 Å². The molecule has 1 amide bonds. The lowest BCUT2D eigenvalue weighted by atomic mass is 10.0. The van der Waals surface area contributed by atoms with E-state index in [2.05, 4.69) is 31.0 Å². The molecule has 1 unspecified atom stereocenters. The van der Waals surface area contributed by atoms with Gasteiger partial charge in [-0.05, 0) is 42.9 Å². The van der Waals surface area contributed by atoms with Crippen LogP contribution in [0, 0.1) is 12.3 Å². The molecular weight excluding hydrogens is 456 g/mol. The zero-order valence-corrected chi connectivity index (χ0v) is 22.3. The smallest absolute Gasteiger partial charge is 0.262 e. The predicted octanol–water partition coefficient (Wildman–Crippen LogP) is 5.79. The van der Waals surface area contributed by atoms with Crippen molar-refractivity contribution in [2.24, 2.45) is 5.73 Å². The van der Waals surface area contributed by atoms with Gasteiger partial charge in [0.05, 0.1) is 11.5 Å². The molecule has 1 fully saturated rings. The fraction of sp³-hybridized carbons (Fsp3) is 0.621. The van der Waals surface area contributed by atoms with Gasteiger partial charge in [0.25, 0.3) is 5.91 Å². The maximum atomic E-state index is 12.4. The summed E-state index contributed by atoms with van der Waals surface area (Å²) in [5.74, 6) is 3.53. The van der Waals surface area contributed by atoms with Gasteiger partial charge in [-0.15, -0.1) is 12.3 Å². The van der Waals surface area contributed by atoms with Crippen LogP contribution in [0.5, 0.6) is 5.75 Å². The molecule has 0 aromatic heterocycles. The van der Waals surface area contributed by atoms with Crippen molar-refractivity contribution >= 4 is 17.7 Å². The number of nitrogens with zero attached hydrogens (tertiary/aromatic N) is 1. The van der Waals surface area contributed by atoms with Gasteiger partial charge in [0.1, 0.15) is 5.75 Å². The highest BCUT2D eigenvalue weighted by molar-refractivity contribution is 8.04. The van der Waals surface area contributed by atoms with E-state index in [1.54, 1.807) is 0 Å². The molecule has 194 valence electrons. The zero-order valence-electron chi connectivity index (χ0n) is 21.5. The highest BCUT2D eigenvalue weighted by atomic mass is 32.2. The maximum Gasteiger partial charge on any atom is 0.262 e.